The lowest BCUT2D eigenvalue weighted by molar-refractivity contribution is 0.420. The smallest absolute Gasteiger partial charge is 0.0519 e. The van der Waals surface area contributed by atoms with Crippen molar-refractivity contribution in [3.63, 3.8) is 0 Å². The van der Waals surface area contributed by atoms with Crippen molar-refractivity contribution in [2.45, 2.75) is 53.4 Å². The van der Waals surface area contributed by atoms with Crippen molar-refractivity contribution in [1.29, 1.82) is 0 Å². The monoisotopic (exact) mass is 329 g/mol. The number of benzene rings is 1. The fourth-order valence-corrected chi connectivity index (χ4v) is 2.46. The summed E-state index contributed by atoms with van der Waals surface area (Å²) in [4.78, 5) is 6.75. The average molecular weight is 330 g/mol. The van der Waals surface area contributed by atoms with Gasteiger partial charge in [0, 0.05) is 23.6 Å². The summed E-state index contributed by atoms with van der Waals surface area (Å²) in [5.41, 5.74) is 6.11. The number of likely N-dealkylation sites (N-methyl/N-ethyl adjacent to an activating group) is 1. The van der Waals surface area contributed by atoms with E-state index in [1.54, 1.807) is 0 Å². The van der Waals surface area contributed by atoms with Gasteiger partial charge in [-0.2, -0.15) is 0 Å². The Morgan fingerprint density at radius 1 is 1.04 bits per heavy atom. The van der Waals surface area contributed by atoms with E-state index in [-0.39, 0.29) is 0 Å². The third-order valence-corrected chi connectivity index (χ3v) is 3.99. The zero-order chi connectivity index (χ0) is 18.3. The molecule has 0 amide bonds. The first kappa shape index (κ1) is 20.4. The topological polar surface area (TPSA) is 27.6 Å². The fourth-order valence-electron chi connectivity index (χ4n) is 2.46. The van der Waals surface area contributed by atoms with Crippen molar-refractivity contribution >= 4 is 11.4 Å². The molecular formula is C21H35N3. The largest absolute Gasteiger partial charge is 0.359 e. The molecule has 1 N–H and O–H groups in total. The highest BCUT2D eigenvalue weighted by molar-refractivity contribution is 5.93. The van der Waals surface area contributed by atoms with Crippen LogP contribution in [0.25, 0.3) is 0 Å². The van der Waals surface area contributed by atoms with Gasteiger partial charge in [-0.3, -0.25) is 4.99 Å². The highest BCUT2D eigenvalue weighted by atomic mass is 15.1. The number of anilines is 1. The van der Waals surface area contributed by atoms with Gasteiger partial charge in [0.25, 0.3) is 0 Å². The third-order valence-electron chi connectivity index (χ3n) is 3.99. The summed E-state index contributed by atoms with van der Waals surface area (Å²) in [6.45, 7) is 14.9. The molecule has 24 heavy (non-hydrogen) atoms. The van der Waals surface area contributed by atoms with Crippen LogP contribution in [-0.2, 0) is 0 Å². The predicted molar refractivity (Wildman–Crippen MR) is 109 cm³/mol. The highest BCUT2D eigenvalue weighted by Gasteiger charge is 2.07. The summed E-state index contributed by atoms with van der Waals surface area (Å²) in [7, 11) is 4.14. The number of nitrogens with zero attached hydrogens (tertiary/aromatic N) is 2. The van der Waals surface area contributed by atoms with Crippen LogP contribution in [0.5, 0.6) is 0 Å². The summed E-state index contributed by atoms with van der Waals surface area (Å²) < 4.78 is 0. The minimum Gasteiger partial charge on any atom is -0.359 e. The summed E-state index contributed by atoms with van der Waals surface area (Å²) in [5, 5.41) is 3.53. The number of nitrogens with one attached hydrogen (secondary N) is 1. The van der Waals surface area contributed by atoms with E-state index >= 15 is 0 Å². The molecule has 0 atom stereocenters. The van der Waals surface area contributed by atoms with Gasteiger partial charge in [-0.15, -0.1) is 0 Å². The van der Waals surface area contributed by atoms with E-state index in [4.69, 9.17) is 0 Å². The molecule has 0 unspecified atom stereocenters. The second kappa shape index (κ2) is 9.63. The fraction of sp³-hybridized carbons (Fsp3) is 0.571. The second-order valence-corrected chi connectivity index (χ2v) is 7.48. The van der Waals surface area contributed by atoms with E-state index in [1.165, 1.54) is 16.8 Å². The van der Waals surface area contributed by atoms with E-state index in [9.17, 15) is 0 Å². The van der Waals surface area contributed by atoms with Crippen LogP contribution in [0.15, 0.2) is 35.0 Å². The van der Waals surface area contributed by atoms with Gasteiger partial charge in [-0.25, -0.2) is 0 Å². The van der Waals surface area contributed by atoms with Crippen LogP contribution < -0.4 is 5.32 Å². The molecule has 0 aliphatic heterocycles. The van der Waals surface area contributed by atoms with E-state index in [0.29, 0.717) is 11.8 Å². The van der Waals surface area contributed by atoms with Crippen LogP contribution in [0, 0.1) is 0 Å². The quantitative estimate of drug-likeness (QED) is 0.658. The summed E-state index contributed by atoms with van der Waals surface area (Å²) in [5.74, 6) is 1.06. The number of hydrogen-bond acceptors (Lipinski definition) is 3. The van der Waals surface area contributed by atoms with Crippen molar-refractivity contribution in [2.24, 2.45) is 4.99 Å². The summed E-state index contributed by atoms with van der Waals surface area (Å²) >= 11 is 0. The van der Waals surface area contributed by atoms with Gasteiger partial charge in [-0.05, 0) is 69.1 Å². The molecule has 0 bridgehead atoms. The maximum Gasteiger partial charge on any atom is 0.0519 e. The Balaban J connectivity index is 2.88. The van der Waals surface area contributed by atoms with E-state index in [1.807, 2.05) is 0 Å². The van der Waals surface area contributed by atoms with Crippen molar-refractivity contribution in [3.8, 4) is 0 Å². The number of allylic oxidation sites excluding steroid dienone is 2. The Hall–Kier alpha value is -1.61. The van der Waals surface area contributed by atoms with Crippen LogP contribution in [0.1, 0.15) is 64.5 Å². The van der Waals surface area contributed by atoms with Gasteiger partial charge in [0.05, 0.1) is 6.54 Å². The van der Waals surface area contributed by atoms with Gasteiger partial charge >= 0.3 is 0 Å². The summed E-state index contributed by atoms with van der Waals surface area (Å²) in [6.07, 6.45) is 2.12. The summed E-state index contributed by atoms with van der Waals surface area (Å²) in [6, 6.07) is 6.84. The minimum absolute atomic E-state index is 0.530. The van der Waals surface area contributed by atoms with Crippen molar-refractivity contribution in [3.05, 3.63) is 41.1 Å². The highest BCUT2D eigenvalue weighted by Crippen LogP contribution is 2.26. The van der Waals surface area contributed by atoms with E-state index in [0.717, 1.165) is 24.5 Å². The SMILES string of the molecule is CC(/C=C(/C)Nc1cc(C(C)C)cc(C(C)C)c1)=NCCN(C)C. The molecule has 0 saturated carbocycles. The first-order valence-corrected chi connectivity index (χ1v) is 8.95. The third kappa shape index (κ3) is 7.31. The van der Waals surface area contributed by atoms with Gasteiger partial charge in [0.2, 0.25) is 0 Å². The maximum atomic E-state index is 4.60. The van der Waals surface area contributed by atoms with E-state index < -0.39 is 0 Å². The van der Waals surface area contributed by atoms with Crippen LogP contribution in [0.3, 0.4) is 0 Å². The Morgan fingerprint density at radius 2 is 1.58 bits per heavy atom. The van der Waals surface area contributed by atoms with Crippen molar-refractivity contribution < 1.29 is 0 Å². The Bertz CT molecular complexity index is 554. The number of hydrogen-bond donors (Lipinski definition) is 1. The maximum absolute atomic E-state index is 4.60. The molecule has 0 saturated heterocycles. The van der Waals surface area contributed by atoms with Gasteiger partial charge in [-0.1, -0.05) is 33.8 Å². The molecule has 0 fully saturated rings. The van der Waals surface area contributed by atoms with E-state index in [2.05, 4.69) is 95.1 Å². The standard InChI is InChI=1S/C21H35N3/c1-15(2)19-12-20(16(3)4)14-21(13-19)23-18(6)11-17(5)22-9-10-24(7)8/h11-16,23H,9-10H2,1-8H3/b18-11-,22-17?. The number of rotatable bonds is 8. The first-order valence-electron chi connectivity index (χ1n) is 8.95. The lowest BCUT2D eigenvalue weighted by atomic mass is 9.95. The molecule has 0 aliphatic rings. The lowest BCUT2D eigenvalue weighted by Crippen LogP contribution is -2.15. The van der Waals surface area contributed by atoms with Gasteiger partial charge in [0.1, 0.15) is 0 Å². The van der Waals surface area contributed by atoms with Crippen molar-refractivity contribution in [2.75, 3.05) is 32.5 Å². The Morgan fingerprint density at radius 3 is 2.04 bits per heavy atom. The van der Waals surface area contributed by atoms with Crippen LogP contribution in [0.2, 0.25) is 0 Å². The van der Waals surface area contributed by atoms with Gasteiger partial charge in [0.15, 0.2) is 0 Å². The molecule has 3 nitrogen and oxygen atoms in total. The molecule has 0 radical (unpaired) electrons. The van der Waals surface area contributed by atoms with Crippen LogP contribution >= 0.6 is 0 Å². The van der Waals surface area contributed by atoms with Crippen molar-refractivity contribution in [1.82, 2.24) is 4.90 Å². The number of aliphatic imine (C=N–C) groups is 1. The normalized spacial score (nSPS) is 13.3. The minimum atomic E-state index is 0.530. The zero-order valence-corrected chi connectivity index (χ0v) is 16.8. The Kier molecular flexibility index (Phi) is 8.20. The van der Waals surface area contributed by atoms with Crippen LogP contribution in [0.4, 0.5) is 5.69 Å². The molecule has 1 aromatic carbocycles. The second-order valence-electron chi connectivity index (χ2n) is 7.48. The van der Waals surface area contributed by atoms with Gasteiger partial charge < -0.3 is 10.2 Å². The molecule has 1 rings (SSSR count). The molecule has 0 aromatic heterocycles. The molecule has 134 valence electrons. The molecule has 1 aromatic rings. The average Bonchev–Trinajstić information content (AvgIpc) is 2.45. The first-order chi connectivity index (χ1) is 11.2. The lowest BCUT2D eigenvalue weighted by Gasteiger charge is -2.16. The predicted octanol–water partition coefficient (Wildman–Crippen LogP) is 5.27. The molecule has 0 aliphatic carbocycles. The Labute approximate surface area is 148 Å². The van der Waals surface area contributed by atoms with Crippen LogP contribution in [-0.4, -0.2) is 37.8 Å². The molecule has 0 heterocycles. The molecular weight excluding hydrogens is 294 g/mol. The zero-order valence-electron chi connectivity index (χ0n) is 16.8. The molecule has 0 spiro atoms. The molecule has 3 heteroatoms.